The molecular formula is C52H94NO9P. The molecule has 10 nitrogen and oxygen atoms in total. The summed E-state index contributed by atoms with van der Waals surface area (Å²) in [5.74, 6) is -0.917. The number of phosphoric ester groups is 1. The fourth-order valence-corrected chi connectivity index (χ4v) is 7.33. The normalized spacial score (nSPS) is 14.5. The van der Waals surface area contributed by atoms with Crippen LogP contribution in [0.2, 0.25) is 0 Å². The number of esters is 2. The summed E-state index contributed by atoms with van der Waals surface area (Å²) in [7, 11) is 1.11. The number of aliphatic hydroxyl groups is 1. The number of aliphatic hydroxyl groups excluding tert-OH is 1. The van der Waals surface area contributed by atoms with Crippen molar-refractivity contribution in [3.8, 4) is 0 Å². The topological polar surface area (TPSA) is 131 Å². The van der Waals surface area contributed by atoms with Crippen molar-refractivity contribution in [1.29, 1.82) is 0 Å². The molecule has 3 atom stereocenters. The summed E-state index contributed by atoms with van der Waals surface area (Å²) >= 11 is 0. The number of allylic oxidation sites excluding steroid dienone is 10. The molecule has 0 aliphatic carbocycles. The second-order valence-electron chi connectivity index (χ2n) is 18.1. The highest BCUT2D eigenvalue weighted by Crippen LogP contribution is 2.38. The maximum Gasteiger partial charge on any atom is 0.306 e. The number of rotatable bonds is 45. The quantitative estimate of drug-likeness (QED) is 0.0208. The van der Waals surface area contributed by atoms with Crippen molar-refractivity contribution in [2.75, 3.05) is 47.5 Å². The van der Waals surface area contributed by atoms with Gasteiger partial charge in [0, 0.05) is 12.8 Å². The molecule has 0 saturated heterocycles. The Kier molecular flexibility index (Phi) is 41.9. The Labute approximate surface area is 386 Å². The summed E-state index contributed by atoms with van der Waals surface area (Å²) in [5, 5.41) is 9.29. The fraction of sp³-hybridized carbons (Fsp3) is 0.769. The molecule has 0 saturated carbocycles. The molecule has 0 aromatic heterocycles. The molecular weight excluding hydrogens is 814 g/mol. The van der Waals surface area contributed by atoms with E-state index in [4.69, 9.17) is 18.5 Å². The molecule has 0 aliphatic rings. The number of likely N-dealkylation sites (N-methyl/N-ethyl adjacent to an activating group) is 1. The lowest BCUT2D eigenvalue weighted by atomic mass is 10.0. The molecule has 366 valence electrons. The molecule has 1 N–H and O–H groups in total. The number of unbranched alkanes of at least 4 members (excludes halogenated alkanes) is 19. The standard InChI is InChI=1S/C52H94NO9P/c1-6-7-8-9-10-11-12-13-14-15-16-17-18-19-22-25-28-31-34-37-40-43-51(55)59-47-50(48-61-63(57,58)60-46-45-53(3,4)5)62-52(56)44-41-38-35-32-29-26-23-20-21-24-27-30-33-36-39-42-49(2)54/h13-14,21,23-24,26,30,32-33,35,49-50,54H,6-12,15-20,22,25,27-29,31,34,36-48H2,1-5H3/b14-13-,24-21-,26-23-,33-30-,35-32-/t49-,50+/m0/s1. The first-order valence-electron chi connectivity index (χ1n) is 25.0. The zero-order valence-corrected chi connectivity index (χ0v) is 41.8. The number of ether oxygens (including phenoxy) is 2. The second kappa shape index (κ2) is 43.6. The minimum Gasteiger partial charge on any atom is -0.756 e. The van der Waals surface area contributed by atoms with E-state index in [0.717, 1.165) is 57.8 Å². The van der Waals surface area contributed by atoms with Crippen molar-refractivity contribution >= 4 is 19.8 Å². The average Bonchev–Trinajstić information content (AvgIpc) is 3.22. The Hall–Kier alpha value is -2.33. The van der Waals surface area contributed by atoms with Crippen LogP contribution in [0.3, 0.4) is 0 Å². The monoisotopic (exact) mass is 908 g/mol. The number of hydrogen-bond donors (Lipinski definition) is 1. The van der Waals surface area contributed by atoms with Crippen molar-refractivity contribution < 1.29 is 47.2 Å². The van der Waals surface area contributed by atoms with Gasteiger partial charge in [-0.25, -0.2) is 0 Å². The zero-order chi connectivity index (χ0) is 46.5. The third-order valence-corrected chi connectivity index (χ3v) is 11.5. The second-order valence-corrected chi connectivity index (χ2v) is 19.5. The van der Waals surface area contributed by atoms with Crippen LogP contribution in [-0.2, 0) is 32.7 Å². The predicted molar refractivity (Wildman–Crippen MR) is 260 cm³/mol. The SMILES string of the molecule is CCCCCCCC/C=C\CCCCCCCCCCCCCC(=O)OC[C@H](COP(=O)([O-])OCC[N+](C)(C)C)OC(=O)CCC/C=C\C/C=C\C/C=C\C/C=C\CCC[C@H](C)O. The summed E-state index contributed by atoms with van der Waals surface area (Å²) in [6.07, 6.45) is 51.0. The molecule has 11 heteroatoms. The van der Waals surface area contributed by atoms with Gasteiger partial charge >= 0.3 is 11.9 Å². The van der Waals surface area contributed by atoms with Gasteiger partial charge < -0.3 is 33.0 Å². The highest BCUT2D eigenvalue weighted by molar-refractivity contribution is 7.45. The van der Waals surface area contributed by atoms with E-state index in [2.05, 4.69) is 61.6 Å². The minimum atomic E-state index is -4.65. The Balaban J connectivity index is 4.34. The lowest BCUT2D eigenvalue weighted by Crippen LogP contribution is -2.37. The van der Waals surface area contributed by atoms with Crippen LogP contribution in [-0.4, -0.2) is 81.2 Å². The zero-order valence-electron chi connectivity index (χ0n) is 40.9. The van der Waals surface area contributed by atoms with Crippen LogP contribution in [0.5, 0.6) is 0 Å². The maximum absolute atomic E-state index is 12.7. The number of carbonyl (C=O) groups excluding carboxylic acids is 2. The van der Waals surface area contributed by atoms with Crippen LogP contribution in [0.15, 0.2) is 60.8 Å². The predicted octanol–water partition coefficient (Wildman–Crippen LogP) is 13.1. The van der Waals surface area contributed by atoms with Gasteiger partial charge in [0.25, 0.3) is 7.82 Å². The smallest absolute Gasteiger partial charge is 0.306 e. The molecule has 0 aromatic rings. The largest absolute Gasteiger partial charge is 0.756 e. The van der Waals surface area contributed by atoms with Crippen LogP contribution in [0, 0.1) is 0 Å². The summed E-state index contributed by atoms with van der Waals surface area (Å²) in [6.45, 7) is 3.71. The van der Waals surface area contributed by atoms with Crippen molar-refractivity contribution in [3.05, 3.63) is 60.8 Å². The molecule has 0 fully saturated rings. The molecule has 0 amide bonds. The van der Waals surface area contributed by atoms with Crippen molar-refractivity contribution in [2.45, 2.75) is 212 Å². The third kappa shape index (κ3) is 49.0. The summed E-state index contributed by atoms with van der Waals surface area (Å²) < 4.78 is 33.9. The molecule has 63 heavy (non-hydrogen) atoms. The van der Waals surface area contributed by atoms with E-state index in [1.807, 2.05) is 34.1 Å². The fourth-order valence-electron chi connectivity index (χ4n) is 6.60. The average molecular weight is 908 g/mol. The van der Waals surface area contributed by atoms with Crippen LogP contribution in [0.4, 0.5) is 0 Å². The van der Waals surface area contributed by atoms with Gasteiger partial charge in [0.2, 0.25) is 0 Å². The van der Waals surface area contributed by atoms with E-state index in [-0.39, 0.29) is 32.2 Å². The van der Waals surface area contributed by atoms with Crippen LogP contribution in [0.1, 0.15) is 200 Å². The number of hydrogen-bond acceptors (Lipinski definition) is 9. The van der Waals surface area contributed by atoms with Gasteiger partial charge in [-0.3, -0.25) is 14.2 Å². The molecule has 1 unspecified atom stereocenters. The molecule has 0 spiro atoms. The van der Waals surface area contributed by atoms with Gasteiger partial charge in [-0.1, -0.05) is 158 Å². The highest BCUT2D eigenvalue weighted by atomic mass is 31.2. The molecule has 0 heterocycles. The molecule has 0 rings (SSSR count). The van der Waals surface area contributed by atoms with Crippen molar-refractivity contribution in [2.24, 2.45) is 0 Å². The maximum atomic E-state index is 12.7. The van der Waals surface area contributed by atoms with Gasteiger partial charge in [0.1, 0.15) is 19.8 Å². The van der Waals surface area contributed by atoms with E-state index in [1.165, 1.54) is 96.3 Å². The first-order chi connectivity index (χ1) is 30.3. The summed E-state index contributed by atoms with van der Waals surface area (Å²) in [4.78, 5) is 37.7. The summed E-state index contributed by atoms with van der Waals surface area (Å²) in [5.41, 5.74) is 0. The third-order valence-electron chi connectivity index (χ3n) is 10.5. The van der Waals surface area contributed by atoms with E-state index in [9.17, 15) is 24.2 Å². The minimum absolute atomic E-state index is 0.0487. The van der Waals surface area contributed by atoms with E-state index < -0.39 is 32.5 Å². The highest BCUT2D eigenvalue weighted by Gasteiger charge is 2.21. The summed E-state index contributed by atoms with van der Waals surface area (Å²) in [6, 6.07) is 0. The van der Waals surface area contributed by atoms with Crippen LogP contribution < -0.4 is 4.89 Å². The molecule has 0 radical (unpaired) electrons. The van der Waals surface area contributed by atoms with E-state index in [1.54, 1.807) is 0 Å². The van der Waals surface area contributed by atoms with Crippen LogP contribution in [0.25, 0.3) is 0 Å². The van der Waals surface area contributed by atoms with Gasteiger partial charge in [-0.15, -0.1) is 0 Å². The van der Waals surface area contributed by atoms with Crippen molar-refractivity contribution in [3.63, 3.8) is 0 Å². The first-order valence-corrected chi connectivity index (χ1v) is 26.5. The lowest BCUT2D eigenvalue weighted by Gasteiger charge is -2.28. The Bertz CT molecular complexity index is 1270. The molecule has 0 bridgehead atoms. The van der Waals surface area contributed by atoms with Gasteiger partial charge in [-0.05, 0) is 90.4 Å². The molecule has 0 aliphatic heterocycles. The van der Waals surface area contributed by atoms with E-state index >= 15 is 0 Å². The van der Waals surface area contributed by atoms with E-state index in [0.29, 0.717) is 30.3 Å². The van der Waals surface area contributed by atoms with Gasteiger partial charge in [0.05, 0.1) is 33.9 Å². The number of nitrogens with zero attached hydrogens (tertiary/aromatic N) is 1. The van der Waals surface area contributed by atoms with Gasteiger partial charge in [-0.2, -0.15) is 0 Å². The molecule has 0 aromatic carbocycles. The lowest BCUT2D eigenvalue weighted by molar-refractivity contribution is -0.870. The van der Waals surface area contributed by atoms with Crippen LogP contribution >= 0.6 is 7.82 Å². The number of carbonyl (C=O) groups is 2. The number of quaternary nitrogens is 1. The first kappa shape index (κ1) is 60.7. The Morgan fingerprint density at radius 3 is 1.51 bits per heavy atom. The van der Waals surface area contributed by atoms with Gasteiger partial charge in [0.15, 0.2) is 6.10 Å². The van der Waals surface area contributed by atoms with Crippen molar-refractivity contribution in [1.82, 2.24) is 0 Å². The Morgan fingerprint density at radius 1 is 0.571 bits per heavy atom. The Morgan fingerprint density at radius 2 is 1.00 bits per heavy atom. The number of phosphoric acid groups is 1.